The van der Waals surface area contributed by atoms with E-state index >= 15 is 0 Å². The summed E-state index contributed by atoms with van der Waals surface area (Å²) < 4.78 is 1.75. The van der Waals surface area contributed by atoms with E-state index in [1.165, 1.54) is 6.07 Å². The molecule has 2 rings (SSSR count). The molecule has 0 aliphatic rings. The first kappa shape index (κ1) is 9.45. The molecule has 1 aromatic carbocycles. The SMILES string of the molecule is Cc1nccn1-c1ccc(C=O)cc1O. The van der Waals surface area contributed by atoms with Crippen LogP contribution in [-0.4, -0.2) is 20.9 Å². The van der Waals surface area contributed by atoms with Crippen molar-refractivity contribution >= 4 is 6.29 Å². The quantitative estimate of drug-likeness (QED) is 0.754. The van der Waals surface area contributed by atoms with Crippen LogP contribution in [0.25, 0.3) is 5.69 Å². The number of aryl methyl sites for hydroxylation is 1. The molecular formula is C11H10N2O2. The summed E-state index contributed by atoms with van der Waals surface area (Å²) in [5, 5.41) is 9.71. The standard InChI is InChI=1S/C11H10N2O2/c1-8-12-4-5-13(8)10-3-2-9(7-14)6-11(10)15/h2-7,15H,1H3. The highest BCUT2D eigenvalue weighted by atomic mass is 16.3. The van der Waals surface area contributed by atoms with E-state index in [-0.39, 0.29) is 5.75 Å². The van der Waals surface area contributed by atoms with Gasteiger partial charge in [0.2, 0.25) is 0 Å². The van der Waals surface area contributed by atoms with Gasteiger partial charge in [-0.15, -0.1) is 0 Å². The third-order valence-corrected chi connectivity index (χ3v) is 2.22. The molecule has 1 N–H and O–H groups in total. The number of phenols is 1. The Morgan fingerprint density at radius 3 is 2.80 bits per heavy atom. The molecular weight excluding hydrogens is 192 g/mol. The zero-order valence-electron chi connectivity index (χ0n) is 8.21. The molecule has 0 amide bonds. The first-order chi connectivity index (χ1) is 7.22. The minimum Gasteiger partial charge on any atom is -0.506 e. The molecule has 0 fully saturated rings. The van der Waals surface area contributed by atoms with Crippen LogP contribution in [0, 0.1) is 6.92 Å². The van der Waals surface area contributed by atoms with Gasteiger partial charge in [0.25, 0.3) is 0 Å². The molecule has 0 atom stereocenters. The number of aromatic hydroxyl groups is 1. The fourth-order valence-electron chi connectivity index (χ4n) is 1.45. The number of rotatable bonds is 2. The minimum absolute atomic E-state index is 0.0701. The number of aromatic nitrogens is 2. The fourth-order valence-corrected chi connectivity index (χ4v) is 1.45. The first-order valence-electron chi connectivity index (χ1n) is 4.51. The number of phenolic OH excluding ortho intramolecular Hbond substituents is 1. The molecule has 4 nitrogen and oxygen atoms in total. The van der Waals surface area contributed by atoms with Crippen LogP contribution in [0.4, 0.5) is 0 Å². The smallest absolute Gasteiger partial charge is 0.150 e. The topological polar surface area (TPSA) is 55.1 Å². The van der Waals surface area contributed by atoms with Crippen molar-refractivity contribution in [1.29, 1.82) is 0 Å². The van der Waals surface area contributed by atoms with Crippen molar-refractivity contribution in [3.63, 3.8) is 0 Å². The van der Waals surface area contributed by atoms with Crippen LogP contribution < -0.4 is 0 Å². The summed E-state index contributed by atoms with van der Waals surface area (Å²) in [6, 6.07) is 4.77. The van der Waals surface area contributed by atoms with Crippen LogP contribution in [0.2, 0.25) is 0 Å². The van der Waals surface area contributed by atoms with Crippen LogP contribution in [-0.2, 0) is 0 Å². The molecule has 1 aromatic heterocycles. The van der Waals surface area contributed by atoms with Crippen molar-refractivity contribution in [1.82, 2.24) is 9.55 Å². The second-order valence-corrected chi connectivity index (χ2v) is 3.21. The zero-order valence-corrected chi connectivity index (χ0v) is 8.21. The monoisotopic (exact) mass is 202 g/mol. The number of carbonyl (C=O) groups excluding carboxylic acids is 1. The maximum absolute atomic E-state index is 10.5. The Bertz CT molecular complexity index is 503. The van der Waals surface area contributed by atoms with Crippen LogP contribution >= 0.6 is 0 Å². The van der Waals surface area contributed by atoms with Crippen molar-refractivity contribution in [2.75, 3.05) is 0 Å². The number of aldehydes is 1. The highest BCUT2D eigenvalue weighted by molar-refractivity contribution is 5.76. The Labute approximate surface area is 86.8 Å². The van der Waals surface area contributed by atoms with Crippen LogP contribution in [0.3, 0.4) is 0 Å². The molecule has 4 heteroatoms. The van der Waals surface area contributed by atoms with Crippen molar-refractivity contribution in [3.05, 3.63) is 42.0 Å². The van der Waals surface area contributed by atoms with Crippen molar-refractivity contribution in [2.45, 2.75) is 6.92 Å². The van der Waals surface area contributed by atoms with Gasteiger partial charge < -0.3 is 9.67 Å². The van der Waals surface area contributed by atoms with Gasteiger partial charge in [-0.1, -0.05) is 0 Å². The lowest BCUT2D eigenvalue weighted by Gasteiger charge is -2.07. The molecule has 0 spiro atoms. The summed E-state index contributed by atoms with van der Waals surface area (Å²) in [6.45, 7) is 1.84. The fraction of sp³-hybridized carbons (Fsp3) is 0.0909. The van der Waals surface area contributed by atoms with Crippen molar-refractivity contribution in [3.8, 4) is 11.4 Å². The third kappa shape index (κ3) is 1.61. The predicted molar refractivity (Wildman–Crippen MR) is 55.4 cm³/mol. The molecule has 76 valence electrons. The molecule has 0 bridgehead atoms. The second kappa shape index (κ2) is 3.57. The van der Waals surface area contributed by atoms with Gasteiger partial charge in [0.05, 0.1) is 5.69 Å². The van der Waals surface area contributed by atoms with E-state index in [2.05, 4.69) is 4.98 Å². The van der Waals surface area contributed by atoms with Crippen molar-refractivity contribution < 1.29 is 9.90 Å². The maximum atomic E-state index is 10.5. The number of benzene rings is 1. The van der Waals surface area contributed by atoms with Gasteiger partial charge in [-0.05, 0) is 25.1 Å². The second-order valence-electron chi connectivity index (χ2n) is 3.21. The average molecular weight is 202 g/mol. The van der Waals surface area contributed by atoms with E-state index in [4.69, 9.17) is 0 Å². The van der Waals surface area contributed by atoms with Crippen LogP contribution in [0.1, 0.15) is 16.2 Å². The summed E-state index contributed by atoms with van der Waals surface area (Å²) in [5.41, 5.74) is 1.07. The number of nitrogens with zero attached hydrogens (tertiary/aromatic N) is 2. The predicted octanol–water partition coefficient (Wildman–Crippen LogP) is 1.70. The van der Waals surface area contributed by atoms with Gasteiger partial charge >= 0.3 is 0 Å². The number of hydrogen-bond acceptors (Lipinski definition) is 3. The van der Waals surface area contributed by atoms with E-state index in [1.807, 2.05) is 6.92 Å². The van der Waals surface area contributed by atoms with E-state index in [0.29, 0.717) is 17.5 Å². The highest BCUT2D eigenvalue weighted by Gasteiger charge is 2.06. The van der Waals surface area contributed by atoms with Gasteiger partial charge in [0.15, 0.2) is 0 Å². The molecule has 0 saturated heterocycles. The van der Waals surface area contributed by atoms with Crippen molar-refractivity contribution in [2.24, 2.45) is 0 Å². The maximum Gasteiger partial charge on any atom is 0.150 e. The lowest BCUT2D eigenvalue weighted by molar-refractivity contribution is 0.112. The molecule has 0 aliphatic carbocycles. The molecule has 0 saturated carbocycles. The van der Waals surface area contributed by atoms with E-state index in [0.717, 1.165) is 5.82 Å². The molecule has 0 radical (unpaired) electrons. The Morgan fingerprint density at radius 1 is 1.47 bits per heavy atom. The van der Waals surface area contributed by atoms with Gasteiger partial charge in [0, 0.05) is 18.0 Å². The number of hydrogen-bond donors (Lipinski definition) is 1. The third-order valence-electron chi connectivity index (χ3n) is 2.22. The lowest BCUT2D eigenvalue weighted by atomic mass is 10.2. The molecule has 0 unspecified atom stereocenters. The van der Waals surface area contributed by atoms with E-state index < -0.39 is 0 Å². The Hall–Kier alpha value is -2.10. The summed E-state index contributed by atoms with van der Waals surface area (Å²) in [7, 11) is 0. The summed E-state index contributed by atoms with van der Waals surface area (Å²) in [5.74, 6) is 0.852. The molecule has 0 aliphatic heterocycles. The summed E-state index contributed by atoms with van der Waals surface area (Å²) in [6.07, 6.45) is 4.11. The zero-order chi connectivity index (χ0) is 10.8. The van der Waals surface area contributed by atoms with Crippen LogP contribution in [0.5, 0.6) is 5.75 Å². The number of carbonyl (C=O) groups is 1. The number of imidazole rings is 1. The molecule has 2 aromatic rings. The van der Waals surface area contributed by atoms with E-state index in [1.54, 1.807) is 29.1 Å². The van der Waals surface area contributed by atoms with Gasteiger partial charge in [-0.3, -0.25) is 4.79 Å². The van der Waals surface area contributed by atoms with Gasteiger partial charge in [0.1, 0.15) is 17.9 Å². The normalized spacial score (nSPS) is 10.2. The molecule has 15 heavy (non-hydrogen) atoms. The largest absolute Gasteiger partial charge is 0.506 e. The first-order valence-corrected chi connectivity index (χ1v) is 4.51. The van der Waals surface area contributed by atoms with E-state index in [9.17, 15) is 9.90 Å². The van der Waals surface area contributed by atoms with Gasteiger partial charge in [-0.25, -0.2) is 4.98 Å². The summed E-state index contributed by atoms with van der Waals surface area (Å²) >= 11 is 0. The summed E-state index contributed by atoms with van der Waals surface area (Å²) in [4.78, 5) is 14.6. The van der Waals surface area contributed by atoms with Crippen LogP contribution in [0.15, 0.2) is 30.6 Å². The average Bonchev–Trinajstić information content (AvgIpc) is 2.64. The Kier molecular flexibility index (Phi) is 2.25. The van der Waals surface area contributed by atoms with Gasteiger partial charge in [-0.2, -0.15) is 0 Å². The Balaban J connectivity index is 2.55. The highest BCUT2D eigenvalue weighted by Crippen LogP contribution is 2.23. The lowest BCUT2D eigenvalue weighted by Crippen LogP contribution is -1.96. The molecule has 1 heterocycles. The minimum atomic E-state index is 0.0701. The Morgan fingerprint density at radius 2 is 2.27 bits per heavy atom.